The van der Waals surface area contributed by atoms with E-state index in [1.54, 1.807) is 12.1 Å². The van der Waals surface area contributed by atoms with Gasteiger partial charge in [0.15, 0.2) is 6.61 Å². The summed E-state index contributed by atoms with van der Waals surface area (Å²) in [6, 6.07) is 5.81. The van der Waals surface area contributed by atoms with Crippen molar-refractivity contribution in [1.29, 1.82) is 0 Å². The third-order valence-corrected chi connectivity index (χ3v) is 5.68. The smallest absolute Gasteiger partial charge is 0.272 e. The number of aromatic nitrogens is 1. The molecule has 4 rings (SSSR count). The maximum Gasteiger partial charge on any atom is 0.272 e. The van der Waals surface area contributed by atoms with E-state index in [4.69, 9.17) is 9.47 Å². The highest BCUT2D eigenvalue weighted by Crippen LogP contribution is 2.62. The van der Waals surface area contributed by atoms with Crippen LogP contribution in [0.15, 0.2) is 18.2 Å². The molecule has 1 aromatic rings. The van der Waals surface area contributed by atoms with Gasteiger partial charge < -0.3 is 14.8 Å². The molecule has 0 amide bonds. The Kier molecular flexibility index (Phi) is 3.97. The maximum absolute atomic E-state index is 12.2. The van der Waals surface area contributed by atoms with Crippen LogP contribution in [-0.4, -0.2) is 36.8 Å². The molecule has 2 aliphatic carbocycles. The first-order valence-corrected chi connectivity index (χ1v) is 8.41. The van der Waals surface area contributed by atoms with Crippen LogP contribution in [0.2, 0.25) is 0 Å². The summed E-state index contributed by atoms with van der Waals surface area (Å²) in [5, 5.41) is 3.65. The molecule has 2 heterocycles. The lowest BCUT2D eigenvalue weighted by Crippen LogP contribution is -2.70. The van der Waals surface area contributed by atoms with Crippen molar-refractivity contribution < 1.29 is 18.3 Å². The summed E-state index contributed by atoms with van der Waals surface area (Å²) in [5.41, 5.74) is 1.17. The van der Waals surface area contributed by atoms with Gasteiger partial charge in [-0.1, -0.05) is 12.5 Å². The van der Waals surface area contributed by atoms with Gasteiger partial charge in [-0.25, -0.2) is 13.8 Å². The summed E-state index contributed by atoms with van der Waals surface area (Å²) in [5.74, 6) is 0.882. The zero-order valence-electron chi connectivity index (χ0n) is 13.0. The maximum atomic E-state index is 12.2. The van der Waals surface area contributed by atoms with Crippen molar-refractivity contribution in [1.82, 2.24) is 10.3 Å². The van der Waals surface area contributed by atoms with Crippen LogP contribution < -0.4 is 10.1 Å². The summed E-state index contributed by atoms with van der Waals surface area (Å²) in [6.07, 6.45) is 2.89. The van der Waals surface area contributed by atoms with Gasteiger partial charge in [0.2, 0.25) is 5.88 Å². The van der Waals surface area contributed by atoms with Gasteiger partial charge in [0.25, 0.3) is 6.43 Å². The third-order valence-electron chi connectivity index (χ3n) is 5.68. The van der Waals surface area contributed by atoms with E-state index in [2.05, 4.69) is 10.3 Å². The molecule has 1 saturated heterocycles. The molecule has 1 aliphatic heterocycles. The molecule has 3 aliphatic rings. The predicted octanol–water partition coefficient (Wildman–Crippen LogP) is 2.77. The molecule has 126 valence electrons. The Morgan fingerprint density at radius 3 is 3.00 bits per heavy atom. The molecular formula is C17H22F2N2O2. The summed E-state index contributed by atoms with van der Waals surface area (Å²) in [7, 11) is 0. The van der Waals surface area contributed by atoms with Crippen molar-refractivity contribution in [3.63, 3.8) is 0 Å². The van der Waals surface area contributed by atoms with Gasteiger partial charge in [-0.15, -0.1) is 0 Å². The van der Waals surface area contributed by atoms with Crippen molar-refractivity contribution in [2.75, 3.05) is 13.2 Å². The highest BCUT2D eigenvalue weighted by molar-refractivity contribution is 5.20. The fourth-order valence-corrected chi connectivity index (χ4v) is 4.56. The largest absolute Gasteiger partial charge is 0.472 e. The molecule has 1 aromatic heterocycles. The molecular weight excluding hydrogens is 302 g/mol. The fourth-order valence-electron chi connectivity index (χ4n) is 4.56. The highest BCUT2D eigenvalue weighted by Gasteiger charge is 2.66. The first-order chi connectivity index (χ1) is 11.2. The molecule has 1 spiro atoms. The molecule has 23 heavy (non-hydrogen) atoms. The first-order valence-electron chi connectivity index (χ1n) is 8.41. The van der Waals surface area contributed by atoms with E-state index in [1.165, 1.54) is 19.3 Å². The molecule has 0 aromatic carbocycles. The minimum atomic E-state index is -2.48. The average Bonchev–Trinajstić information content (AvgIpc) is 2.89. The van der Waals surface area contributed by atoms with Crippen molar-refractivity contribution in [2.45, 2.75) is 50.8 Å². The second-order valence-electron chi connectivity index (χ2n) is 6.86. The zero-order chi connectivity index (χ0) is 15.9. The first kappa shape index (κ1) is 15.3. The molecule has 0 bridgehead atoms. The van der Waals surface area contributed by atoms with Gasteiger partial charge in [-0.3, -0.25) is 0 Å². The van der Waals surface area contributed by atoms with Crippen LogP contribution in [0.25, 0.3) is 0 Å². The van der Waals surface area contributed by atoms with Gasteiger partial charge >= 0.3 is 0 Å². The second kappa shape index (κ2) is 5.98. The van der Waals surface area contributed by atoms with Crippen molar-refractivity contribution in [2.24, 2.45) is 11.3 Å². The lowest BCUT2D eigenvalue weighted by molar-refractivity contribution is -0.176. The summed E-state index contributed by atoms with van der Waals surface area (Å²) in [6.45, 7) is 0.905. The number of nitrogens with zero attached hydrogens (tertiary/aromatic N) is 1. The molecule has 6 heteroatoms. The number of pyridine rings is 1. The Balaban J connectivity index is 1.36. The Morgan fingerprint density at radius 2 is 2.26 bits per heavy atom. The third kappa shape index (κ3) is 2.62. The van der Waals surface area contributed by atoms with E-state index < -0.39 is 13.0 Å². The van der Waals surface area contributed by atoms with Crippen LogP contribution in [-0.2, 0) is 11.3 Å². The highest BCUT2D eigenvalue weighted by atomic mass is 19.3. The standard InChI is InChI=1S/C17H22F2N2O2/c18-13(19)10-23-14-4-1-3-11(21-14)9-20-15-12-5-8-22-16(12)17(15)6-2-7-17/h1,3-4,12-13,15-16,20H,2,5-10H2. The SMILES string of the molecule is FC(F)COc1cccc(CNC2C3CCOC3C23CCC3)n1. The Hall–Kier alpha value is -1.27. The molecule has 3 unspecified atom stereocenters. The van der Waals surface area contributed by atoms with E-state index in [-0.39, 0.29) is 5.88 Å². The van der Waals surface area contributed by atoms with Crippen LogP contribution >= 0.6 is 0 Å². The van der Waals surface area contributed by atoms with Crippen molar-refractivity contribution >= 4 is 0 Å². The quantitative estimate of drug-likeness (QED) is 0.874. The Labute approximate surface area is 134 Å². The summed E-state index contributed by atoms with van der Waals surface area (Å²) < 4.78 is 35.3. The van der Waals surface area contributed by atoms with E-state index in [0.29, 0.717) is 30.0 Å². The van der Waals surface area contributed by atoms with Crippen LogP contribution in [0.5, 0.6) is 5.88 Å². The van der Waals surface area contributed by atoms with Gasteiger partial charge in [-0.2, -0.15) is 0 Å². The molecule has 4 nitrogen and oxygen atoms in total. The summed E-state index contributed by atoms with van der Waals surface area (Å²) >= 11 is 0. The Bertz CT molecular complexity index is 565. The minimum absolute atomic E-state index is 0.263. The van der Waals surface area contributed by atoms with Crippen LogP contribution in [0.3, 0.4) is 0 Å². The number of ether oxygens (including phenoxy) is 2. The lowest BCUT2D eigenvalue weighted by atomic mass is 9.46. The van der Waals surface area contributed by atoms with Crippen LogP contribution in [0.4, 0.5) is 8.78 Å². The van der Waals surface area contributed by atoms with Crippen molar-refractivity contribution in [3.05, 3.63) is 23.9 Å². The van der Waals surface area contributed by atoms with Gasteiger partial charge in [-0.05, 0) is 25.3 Å². The van der Waals surface area contributed by atoms with E-state index in [9.17, 15) is 8.78 Å². The van der Waals surface area contributed by atoms with Crippen LogP contribution in [0.1, 0.15) is 31.4 Å². The fraction of sp³-hybridized carbons (Fsp3) is 0.706. The minimum Gasteiger partial charge on any atom is -0.472 e. The normalized spacial score (nSPS) is 30.8. The molecule has 1 N–H and O–H groups in total. The summed E-state index contributed by atoms with van der Waals surface area (Å²) in [4.78, 5) is 4.30. The average molecular weight is 324 g/mol. The zero-order valence-corrected chi connectivity index (χ0v) is 13.0. The monoisotopic (exact) mass is 324 g/mol. The van der Waals surface area contributed by atoms with Gasteiger partial charge in [0, 0.05) is 36.6 Å². The number of nitrogens with one attached hydrogen (secondary N) is 1. The van der Waals surface area contributed by atoms with Gasteiger partial charge in [0.05, 0.1) is 11.8 Å². The second-order valence-corrected chi connectivity index (χ2v) is 6.86. The topological polar surface area (TPSA) is 43.4 Å². The number of halogens is 2. The van der Waals surface area contributed by atoms with E-state index >= 15 is 0 Å². The van der Waals surface area contributed by atoms with Crippen molar-refractivity contribution in [3.8, 4) is 5.88 Å². The number of fused-ring (bicyclic) bond motifs is 2. The number of hydrogen-bond donors (Lipinski definition) is 1. The van der Waals surface area contributed by atoms with E-state index in [0.717, 1.165) is 18.7 Å². The number of alkyl halides is 2. The Morgan fingerprint density at radius 1 is 1.39 bits per heavy atom. The molecule has 3 atom stereocenters. The van der Waals surface area contributed by atoms with E-state index in [1.807, 2.05) is 6.07 Å². The predicted molar refractivity (Wildman–Crippen MR) is 80.5 cm³/mol. The van der Waals surface area contributed by atoms with Gasteiger partial charge in [0.1, 0.15) is 0 Å². The van der Waals surface area contributed by atoms with Crippen LogP contribution in [0, 0.1) is 11.3 Å². The number of rotatable bonds is 6. The molecule has 3 fully saturated rings. The molecule has 0 radical (unpaired) electrons. The lowest BCUT2D eigenvalue weighted by Gasteiger charge is -2.63. The number of hydrogen-bond acceptors (Lipinski definition) is 4. The molecule has 2 saturated carbocycles.